The Bertz CT molecular complexity index is 738. The molecule has 0 radical (unpaired) electrons. The summed E-state index contributed by atoms with van der Waals surface area (Å²) >= 11 is 0. The lowest BCUT2D eigenvalue weighted by molar-refractivity contribution is -0.161. The van der Waals surface area contributed by atoms with Gasteiger partial charge >= 0.3 is 12.1 Å². The van der Waals surface area contributed by atoms with Crippen LogP contribution in [0.25, 0.3) is 0 Å². The Balaban J connectivity index is 1.27. The summed E-state index contributed by atoms with van der Waals surface area (Å²) in [5.41, 5.74) is -0.784. The van der Waals surface area contributed by atoms with Crippen LogP contribution in [0.1, 0.15) is 49.3 Å². The largest absolute Gasteiger partial charge is 0.465 e. The minimum Gasteiger partial charge on any atom is -0.465 e. The molecule has 3 heterocycles. The lowest BCUT2D eigenvalue weighted by atomic mass is 9.90. The average Bonchev–Trinajstić information content (AvgIpc) is 3.30. The predicted molar refractivity (Wildman–Crippen MR) is 88.8 cm³/mol. The fourth-order valence-electron chi connectivity index (χ4n) is 3.87. The second-order valence-electron chi connectivity index (χ2n) is 7.84. The van der Waals surface area contributed by atoms with Gasteiger partial charge in [0.15, 0.2) is 0 Å². The third kappa shape index (κ3) is 3.41. The standard InChI is InChI=1S/C19H21F3N2O3/c20-19(21,22)18(5-6-18)15-3-2-13(8-23-15)14-9-24(10-14)16(25)4-1-12-7-17(26)27-11-12/h2-3,8,12,14H,1,4-7,9-11H2/t12-/m0/s1. The molecule has 0 spiro atoms. The quantitative estimate of drug-likeness (QED) is 0.735. The molecule has 27 heavy (non-hydrogen) atoms. The molecule has 146 valence electrons. The van der Waals surface area contributed by atoms with Crippen molar-refractivity contribution < 1.29 is 27.5 Å². The summed E-state index contributed by atoms with van der Waals surface area (Å²) in [4.78, 5) is 29.1. The molecule has 1 amide bonds. The molecule has 2 aliphatic heterocycles. The summed E-state index contributed by atoms with van der Waals surface area (Å²) in [6.07, 6.45) is -1.11. The van der Waals surface area contributed by atoms with Crippen LogP contribution < -0.4 is 0 Å². The van der Waals surface area contributed by atoms with Crippen LogP contribution in [0, 0.1) is 5.92 Å². The van der Waals surface area contributed by atoms with E-state index >= 15 is 0 Å². The zero-order valence-electron chi connectivity index (χ0n) is 14.8. The van der Waals surface area contributed by atoms with E-state index in [4.69, 9.17) is 4.74 Å². The highest BCUT2D eigenvalue weighted by atomic mass is 19.4. The maximum Gasteiger partial charge on any atom is 0.399 e. The average molecular weight is 382 g/mol. The van der Waals surface area contributed by atoms with E-state index in [1.165, 1.54) is 12.3 Å². The number of carbonyl (C=O) groups excluding carboxylic acids is 2. The van der Waals surface area contributed by atoms with Gasteiger partial charge in [-0.25, -0.2) is 0 Å². The topological polar surface area (TPSA) is 59.5 Å². The number of pyridine rings is 1. The number of likely N-dealkylation sites (tertiary alicyclic amines) is 1. The second kappa shape index (κ2) is 6.49. The first-order valence-corrected chi connectivity index (χ1v) is 9.25. The molecule has 1 aromatic rings. The van der Waals surface area contributed by atoms with Gasteiger partial charge in [0, 0.05) is 37.5 Å². The van der Waals surface area contributed by atoms with E-state index in [-0.39, 0.29) is 42.2 Å². The number of cyclic esters (lactones) is 1. The van der Waals surface area contributed by atoms with Crippen molar-refractivity contribution in [1.29, 1.82) is 0 Å². The summed E-state index contributed by atoms with van der Waals surface area (Å²) in [6, 6.07) is 3.19. The summed E-state index contributed by atoms with van der Waals surface area (Å²) in [7, 11) is 0. The van der Waals surface area contributed by atoms with Crippen molar-refractivity contribution in [3.63, 3.8) is 0 Å². The highest BCUT2D eigenvalue weighted by Gasteiger charge is 2.65. The fourth-order valence-corrected chi connectivity index (χ4v) is 3.87. The minimum absolute atomic E-state index is 0.0455. The zero-order valence-corrected chi connectivity index (χ0v) is 14.8. The van der Waals surface area contributed by atoms with Crippen LogP contribution in [-0.4, -0.2) is 47.6 Å². The molecular formula is C19H21F3N2O3. The molecule has 1 atom stereocenters. The van der Waals surface area contributed by atoms with Gasteiger partial charge in [-0.15, -0.1) is 0 Å². The van der Waals surface area contributed by atoms with Crippen molar-refractivity contribution >= 4 is 11.9 Å². The number of halogens is 3. The van der Waals surface area contributed by atoms with Crippen LogP contribution >= 0.6 is 0 Å². The van der Waals surface area contributed by atoms with Gasteiger partial charge in [0.1, 0.15) is 5.41 Å². The van der Waals surface area contributed by atoms with Crippen LogP contribution in [0.5, 0.6) is 0 Å². The Morgan fingerprint density at radius 3 is 2.56 bits per heavy atom. The highest BCUT2D eigenvalue weighted by molar-refractivity contribution is 5.77. The number of ether oxygens (including phenoxy) is 1. The lowest BCUT2D eigenvalue weighted by Crippen LogP contribution is -2.48. The second-order valence-corrected chi connectivity index (χ2v) is 7.84. The zero-order chi connectivity index (χ0) is 19.2. The first-order chi connectivity index (χ1) is 12.8. The normalized spacial score (nSPS) is 24.5. The van der Waals surface area contributed by atoms with Crippen LogP contribution in [-0.2, 0) is 19.7 Å². The van der Waals surface area contributed by atoms with E-state index in [2.05, 4.69) is 4.98 Å². The third-order valence-corrected chi connectivity index (χ3v) is 5.98. The van der Waals surface area contributed by atoms with E-state index in [0.717, 1.165) is 5.56 Å². The fraction of sp³-hybridized carbons (Fsp3) is 0.632. The molecule has 4 rings (SSSR count). The van der Waals surface area contributed by atoms with Crippen molar-refractivity contribution in [2.45, 2.75) is 49.6 Å². The Hall–Kier alpha value is -2.12. The van der Waals surface area contributed by atoms with Crippen molar-refractivity contribution in [3.05, 3.63) is 29.6 Å². The Kier molecular flexibility index (Phi) is 4.39. The number of amides is 1. The van der Waals surface area contributed by atoms with Crippen molar-refractivity contribution in [1.82, 2.24) is 9.88 Å². The number of aromatic nitrogens is 1. The Morgan fingerprint density at radius 1 is 1.30 bits per heavy atom. The van der Waals surface area contributed by atoms with Gasteiger partial charge < -0.3 is 9.64 Å². The summed E-state index contributed by atoms with van der Waals surface area (Å²) < 4.78 is 44.4. The van der Waals surface area contributed by atoms with Crippen LogP contribution in [0.3, 0.4) is 0 Å². The summed E-state index contributed by atoms with van der Waals surface area (Å²) in [5.74, 6) is 0.0849. The van der Waals surface area contributed by atoms with E-state index in [0.29, 0.717) is 39.0 Å². The van der Waals surface area contributed by atoms with E-state index < -0.39 is 11.6 Å². The van der Waals surface area contributed by atoms with Crippen LogP contribution in [0.4, 0.5) is 13.2 Å². The van der Waals surface area contributed by atoms with Crippen molar-refractivity contribution in [2.75, 3.05) is 19.7 Å². The molecule has 8 heteroatoms. The monoisotopic (exact) mass is 382 g/mol. The van der Waals surface area contributed by atoms with Gasteiger partial charge in [-0.05, 0) is 30.9 Å². The predicted octanol–water partition coefficient (Wildman–Crippen LogP) is 2.94. The molecule has 1 aromatic heterocycles. The molecule has 0 N–H and O–H groups in total. The molecule has 0 unspecified atom stereocenters. The number of rotatable bonds is 5. The van der Waals surface area contributed by atoms with Crippen LogP contribution in [0.15, 0.2) is 18.3 Å². The van der Waals surface area contributed by atoms with E-state index in [1.807, 2.05) is 0 Å². The van der Waals surface area contributed by atoms with Gasteiger partial charge in [-0.2, -0.15) is 13.2 Å². The first kappa shape index (κ1) is 18.3. The Morgan fingerprint density at radius 2 is 2.04 bits per heavy atom. The SMILES string of the molecule is O=C1C[C@H](CCC(=O)N2CC(c3ccc(C4(C(F)(F)F)CC4)nc3)C2)CO1. The number of hydrogen-bond acceptors (Lipinski definition) is 4. The lowest BCUT2D eigenvalue weighted by Gasteiger charge is -2.39. The molecule has 0 bridgehead atoms. The molecule has 5 nitrogen and oxygen atoms in total. The highest BCUT2D eigenvalue weighted by Crippen LogP contribution is 2.58. The summed E-state index contributed by atoms with van der Waals surface area (Å²) in [5, 5.41) is 0. The molecule has 3 aliphatic rings. The number of nitrogens with zero attached hydrogens (tertiary/aromatic N) is 2. The molecule has 1 saturated carbocycles. The van der Waals surface area contributed by atoms with Crippen LogP contribution in [0.2, 0.25) is 0 Å². The van der Waals surface area contributed by atoms with Crippen molar-refractivity contribution in [2.24, 2.45) is 5.92 Å². The van der Waals surface area contributed by atoms with Gasteiger partial charge in [0.25, 0.3) is 0 Å². The van der Waals surface area contributed by atoms with E-state index in [9.17, 15) is 22.8 Å². The van der Waals surface area contributed by atoms with E-state index in [1.54, 1.807) is 11.0 Å². The molecule has 3 fully saturated rings. The van der Waals surface area contributed by atoms with Crippen molar-refractivity contribution in [3.8, 4) is 0 Å². The van der Waals surface area contributed by atoms with Gasteiger partial charge in [-0.3, -0.25) is 14.6 Å². The number of hydrogen-bond donors (Lipinski definition) is 0. The smallest absolute Gasteiger partial charge is 0.399 e. The first-order valence-electron chi connectivity index (χ1n) is 9.25. The van der Waals surface area contributed by atoms with Gasteiger partial charge in [0.05, 0.1) is 18.7 Å². The molecule has 2 saturated heterocycles. The minimum atomic E-state index is -4.25. The van der Waals surface area contributed by atoms with Gasteiger partial charge in [0.2, 0.25) is 5.91 Å². The Labute approximate surface area is 154 Å². The molecule has 0 aromatic carbocycles. The maximum atomic E-state index is 13.2. The maximum absolute atomic E-state index is 13.2. The number of esters is 1. The molecular weight excluding hydrogens is 361 g/mol. The summed E-state index contributed by atoms with van der Waals surface area (Å²) in [6.45, 7) is 1.51. The van der Waals surface area contributed by atoms with Gasteiger partial charge in [-0.1, -0.05) is 6.07 Å². The number of carbonyl (C=O) groups is 2. The molecule has 1 aliphatic carbocycles. The third-order valence-electron chi connectivity index (χ3n) is 5.98. The number of alkyl halides is 3.